The van der Waals surface area contributed by atoms with E-state index >= 15 is 0 Å². The molecule has 0 radical (unpaired) electrons. The Hall–Kier alpha value is -3.48. The maximum Gasteiger partial charge on any atom is 0.210 e. The number of fused-ring (bicyclic) bond motifs is 3. The van der Waals surface area contributed by atoms with E-state index in [9.17, 15) is 20.0 Å². The summed E-state index contributed by atoms with van der Waals surface area (Å²) < 4.78 is 2.14. The van der Waals surface area contributed by atoms with Gasteiger partial charge in [-0.15, -0.1) is 0 Å². The number of aryl methyl sites for hydroxylation is 1. The normalized spacial score (nSPS) is 12.5. The van der Waals surface area contributed by atoms with Crippen molar-refractivity contribution < 1.29 is 20.0 Å². The Morgan fingerprint density at radius 3 is 1.46 bits per heavy atom. The summed E-state index contributed by atoms with van der Waals surface area (Å²) in [7, 11) is 0. The van der Waals surface area contributed by atoms with Crippen LogP contribution in [0.4, 0.5) is 0 Å². The van der Waals surface area contributed by atoms with Gasteiger partial charge in [-0.05, 0) is 69.0 Å². The Morgan fingerprint density at radius 1 is 0.676 bits per heavy atom. The van der Waals surface area contributed by atoms with Crippen molar-refractivity contribution in [1.29, 1.82) is 0 Å². The van der Waals surface area contributed by atoms with Gasteiger partial charge >= 0.3 is 0 Å². The third kappa shape index (κ3) is 6.45. The second-order valence-corrected chi connectivity index (χ2v) is 9.58. The van der Waals surface area contributed by atoms with Gasteiger partial charge in [-0.1, -0.05) is 62.7 Å². The molecule has 3 rings (SSSR count). The Kier molecular flexibility index (Phi) is 10.4. The lowest BCUT2D eigenvalue weighted by Crippen LogP contribution is -2.14. The van der Waals surface area contributed by atoms with E-state index < -0.39 is 0 Å². The summed E-state index contributed by atoms with van der Waals surface area (Å²) in [5.74, 6) is -0.570. The number of carbonyl (C=O) groups is 2. The van der Waals surface area contributed by atoms with Gasteiger partial charge in [-0.2, -0.15) is 0 Å². The van der Waals surface area contributed by atoms with Gasteiger partial charge in [-0.3, -0.25) is 9.59 Å². The lowest BCUT2D eigenvalue weighted by molar-refractivity contribution is 0.105. The van der Waals surface area contributed by atoms with Crippen molar-refractivity contribution in [2.75, 3.05) is 0 Å². The van der Waals surface area contributed by atoms with Crippen molar-refractivity contribution in [3.05, 3.63) is 47.5 Å². The molecule has 37 heavy (non-hydrogen) atoms. The monoisotopic (exact) mass is 505 g/mol. The lowest BCUT2D eigenvalue weighted by Gasteiger charge is -2.06. The molecule has 0 spiro atoms. The molecule has 3 aromatic rings. The molecule has 0 atom stereocenters. The number of hydrogen-bond acceptors (Lipinski definition) is 6. The number of hydrogen-bond donors (Lipinski definition) is 2. The first kappa shape index (κ1) is 28.1. The maximum absolute atomic E-state index is 13.2. The lowest BCUT2D eigenvalue weighted by atomic mass is 9.98. The van der Waals surface area contributed by atoms with Gasteiger partial charge in [0.2, 0.25) is 11.6 Å². The Labute approximate surface area is 218 Å². The zero-order valence-electron chi connectivity index (χ0n) is 22.3. The number of nitrogens with zero attached hydrogens (tertiary/aromatic N) is 3. The standard InChI is InChI=1S/C30H39N3O4/c1-4-7-9-11-13-25(31-36)29(34)21-15-17-27-23(19-21)24-20-22(16-18-28(24)33(27)6-3)30(35)26(32-37)14-12-10-8-5-2/h15-20,36-37H,4-14H2,1-3H3. The minimum Gasteiger partial charge on any atom is -0.411 e. The summed E-state index contributed by atoms with van der Waals surface area (Å²) in [6, 6.07) is 11.0. The maximum atomic E-state index is 13.2. The van der Waals surface area contributed by atoms with Crippen LogP contribution in [0.5, 0.6) is 0 Å². The van der Waals surface area contributed by atoms with Crippen molar-refractivity contribution in [1.82, 2.24) is 4.57 Å². The van der Waals surface area contributed by atoms with Gasteiger partial charge in [0.15, 0.2) is 0 Å². The zero-order valence-corrected chi connectivity index (χ0v) is 22.3. The third-order valence-electron chi connectivity index (χ3n) is 7.01. The molecule has 0 unspecified atom stereocenters. The predicted octanol–water partition coefficient (Wildman–Crippen LogP) is 7.78. The molecular weight excluding hydrogens is 466 g/mol. The van der Waals surface area contributed by atoms with Gasteiger partial charge in [0.1, 0.15) is 11.4 Å². The van der Waals surface area contributed by atoms with Crippen LogP contribution in [0.25, 0.3) is 21.8 Å². The molecule has 7 nitrogen and oxygen atoms in total. The van der Waals surface area contributed by atoms with E-state index in [1.54, 1.807) is 12.1 Å². The number of oxime groups is 2. The summed E-state index contributed by atoms with van der Waals surface area (Å²) in [6.45, 7) is 7.02. The van der Waals surface area contributed by atoms with Gasteiger partial charge in [-0.25, -0.2) is 0 Å². The fraction of sp³-hybridized carbons (Fsp3) is 0.467. The van der Waals surface area contributed by atoms with Crippen molar-refractivity contribution in [2.24, 2.45) is 10.3 Å². The highest BCUT2D eigenvalue weighted by atomic mass is 16.4. The van der Waals surface area contributed by atoms with Crippen molar-refractivity contribution >= 4 is 44.8 Å². The predicted molar refractivity (Wildman–Crippen MR) is 150 cm³/mol. The van der Waals surface area contributed by atoms with Crippen LogP contribution < -0.4 is 0 Å². The Balaban J connectivity index is 1.97. The molecule has 0 fully saturated rings. The molecule has 2 N–H and O–H groups in total. The van der Waals surface area contributed by atoms with Crippen LogP contribution in [0.1, 0.15) is 106 Å². The van der Waals surface area contributed by atoms with E-state index in [0.29, 0.717) is 24.0 Å². The van der Waals surface area contributed by atoms with Crippen LogP contribution in [0.2, 0.25) is 0 Å². The molecule has 0 amide bonds. The van der Waals surface area contributed by atoms with Gasteiger partial charge < -0.3 is 15.0 Å². The molecule has 2 aromatic carbocycles. The van der Waals surface area contributed by atoms with E-state index in [2.05, 4.69) is 35.6 Å². The molecule has 198 valence electrons. The molecular formula is C30H39N3O4. The number of rotatable bonds is 15. The third-order valence-corrected chi connectivity index (χ3v) is 7.01. The summed E-state index contributed by atoms with van der Waals surface area (Å²) in [4.78, 5) is 26.3. The van der Waals surface area contributed by atoms with Gasteiger partial charge in [0.05, 0.1) is 0 Å². The number of unbranched alkanes of at least 4 members (excludes halogenated alkanes) is 6. The van der Waals surface area contributed by atoms with Crippen molar-refractivity contribution in [2.45, 2.75) is 91.5 Å². The summed E-state index contributed by atoms with van der Waals surface area (Å²) in [6.07, 6.45) is 8.79. The molecule has 0 aliphatic rings. The second-order valence-electron chi connectivity index (χ2n) is 9.58. The first-order valence-electron chi connectivity index (χ1n) is 13.6. The number of benzene rings is 2. The fourth-order valence-corrected chi connectivity index (χ4v) is 4.92. The summed E-state index contributed by atoms with van der Waals surface area (Å²) in [5.41, 5.74) is 3.15. The smallest absolute Gasteiger partial charge is 0.210 e. The summed E-state index contributed by atoms with van der Waals surface area (Å²) in [5, 5.41) is 27.3. The minimum atomic E-state index is -0.285. The average Bonchev–Trinajstić information content (AvgIpc) is 3.24. The van der Waals surface area contributed by atoms with E-state index in [-0.39, 0.29) is 23.0 Å². The molecule has 0 aliphatic heterocycles. The van der Waals surface area contributed by atoms with Crippen LogP contribution in [0.15, 0.2) is 46.7 Å². The second kappa shape index (κ2) is 13.7. The zero-order chi connectivity index (χ0) is 26.8. The van der Waals surface area contributed by atoms with Crippen molar-refractivity contribution in [3.63, 3.8) is 0 Å². The van der Waals surface area contributed by atoms with Gasteiger partial charge in [0.25, 0.3) is 0 Å². The number of Topliss-reactive ketones (excluding diaryl/α,β-unsaturated/α-hetero) is 2. The highest BCUT2D eigenvalue weighted by Gasteiger charge is 2.20. The molecule has 7 heteroatoms. The molecule has 0 bridgehead atoms. The largest absolute Gasteiger partial charge is 0.411 e. The number of carbonyl (C=O) groups excluding carboxylic acids is 2. The van der Waals surface area contributed by atoms with Crippen LogP contribution in [0, 0.1) is 0 Å². The highest BCUT2D eigenvalue weighted by molar-refractivity contribution is 6.47. The van der Waals surface area contributed by atoms with E-state index in [1.807, 2.05) is 24.3 Å². The van der Waals surface area contributed by atoms with Crippen LogP contribution in [-0.2, 0) is 6.54 Å². The van der Waals surface area contributed by atoms with Crippen LogP contribution >= 0.6 is 0 Å². The average molecular weight is 506 g/mol. The summed E-state index contributed by atoms with van der Waals surface area (Å²) >= 11 is 0. The Bertz CT molecular complexity index is 1210. The van der Waals surface area contributed by atoms with E-state index in [0.717, 1.165) is 79.7 Å². The minimum absolute atomic E-state index is 0.164. The SMILES string of the molecule is CCCCCCC(=NO)C(=O)c1ccc2c(c1)c1cc(C(=O)C(CCCCCC)=NO)ccc1n2CC. The topological polar surface area (TPSA) is 104 Å². The molecule has 0 aliphatic carbocycles. The van der Waals surface area contributed by atoms with Gasteiger partial charge in [0, 0.05) is 39.5 Å². The van der Waals surface area contributed by atoms with E-state index in [1.165, 1.54) is 0 Å². The molecule has 1 aromatic heterocycles. The molecule has 1 heterocycles. The fourth-order valence-electron chi connectivity index (χ4n) is 4.92. The quantitative estimate of drug-likeness (QED) is 0.0723. The highest BCUT2D eigenvalue weighted by Crippen LogP contribution is 2.31. The van der Waals surface area contributed by atoms with Crippen LogP contribution in [0.3, 0.4) is 0 Å². The van der Waals surface area contributed by atoms with E-state index in [4.69, 9.17) is 0 Å². The first-order chi connectivity index (χ1) is 18.0. The molecule has 0 saturated heterocycles. The Morgan fingerprint density at radius 2 is 1.11 bits per heavy atom. The van der Waals surface area contributed by atoms with Crippen molar-refractivity contribution in [3.8, 4) is 0 Å². The number of aromatic nitrogens is 1. The number of ketones is 2. The van der Waals surface area contributed by atoms with Crippen LogP contribution in [-0.4, -0.2) is 38.0 Å². The first-order valence-corrected chi connectivity index (χ1v) is 13.6. The molecule has 0 saturated carbocycles.